The van der Waals surface area contributed by atoms with Gasteiger partial charge < -0.3 is 10.6 Å². The summed E-state index contributed by atoms with van der Waals surface area (Å²) in [7, 11) is 0. The second kappa shape index (κ2) is 7.54. The van der Waals surface area contributed by atoms with E-state index >= 15 is 0 Å². The van der Waals surface area contributed by atoms with Crippen LogP contribution in [0, 0.1) is 6.92 Å². The van der Waals surface area contributed by atoms with E-state index in [2.05, 4.69) is 15.7 Å². The smallest absolute Gasteiger partial charge is 0.269 e. The third-order valence-corrected chi connectivity index (χ3v) is 3.42. The van der Waals surface area contributed by atoms with Crippen molar-refractivity contribution in [1.82, 2.24) is 15.1 Å². The number of aromatic nitrogens is 2. The Bertz CT molecular complexity index is 763. The molecule has 1 heterocycles. The molecule has 2 amide bonds. The molecule has 7 heteroatoms. The van der Waals surface area contributed by atoms with Gasteiger partial charge >= 0.3 is 0 Å². The third-order valence-electron chi connectivity index (χ3n) is 3.42. The minimum Gasteiger partial charge on any atom is -0.342 e. The molecule has 0 aliphatic carbocycles. The number of nitrogens with zero attached hydrogens (tertiary/aromatic N) is 2. The molecule has 0 aliphatic rings. The van der Waals surface area contributed by atoms with E-state index in [1.54, 1.807) is 41.9 Å². The average molecular weight is 328 g/mol. The van der Waals surface area contributed by atoms with Crippen LogP contribution >= 0.6 is 0 Å². The van der Waals surface area contributed by atoms with E-state index in [1.807, 2.05) is 6.92 Å². The van der Waals surface area contributed by atoms with Crippen molar-refractivity contribution in [3.05, 3.63) is 47.3 Å². The first-order chi connectivity index (χ1) is 11.4. The van der Waals surface area contributed by atoms with Crippen LogP contribution in [0.25, 0.3) is 0 Å². The maximum absolute atomic E-state index is 12.1. The molecule has 2 aromatic rings. The van der Waals surface area contributed by atoms with E-state index in [0.29, 0.717) is 23.5 Å². The molecule has 0 fully saturated rings. The van der Waals surface area contributed by atoms with Crippen LogP contribution in [-0.4, -0.2) is 33.9 Å². The summed E-state index contributed by atoms with van der Waals surface area (Å²) in [6.07, 6.45) is 0. The van der Waals surface area contributed by atoms with Gasteiger partial charge in [-0.15, -0.1) is 0 Å². The van der Waals surface area contributed by atoms with Gasteiger partial charge in [-0.05, 0) is 51.1 Å². The zero-order valence-electron chi connectivity index (χ0n) is 13.9. The standard InChI is InChI=1S/C17H20N4O3/c1-4-21-15(9-11(2)20-21)17(24)18-10-16(23)19-14-7-5-13(6-8-14)12(3)22/h5-9H,4,10H2,1-3H3,(H,18,24)(H,19,23). The van der Waals surface area contributed by atoms with E-state index < -0.39 is 0 Å². The Labute approximate surface area is 140 Å². The molecule has 7 nitrogen and oxygen atoms in total. The lowest BCUT2D eigenvalue weighted by Gasteiger charge is -2.08. The van der Waals surface area contributed by atoms with Crippen LogP contribution in [-0.2, 0) is 11.3 Å². The summed E-state index contributed by atoms with van der Waals surface area (Å²) in [6, 6.07) is 8.24. The number of nitrogens with one attached hydrogen (secondary N) is 2. The van der Waals surface area contributed by atoms with Gasteiger partial charge in [0.25, 0.3) is 5.91 Å². The van der Waals surface area contributed by atoms with E-state index in [1.165, 1.54) is 6.92 Å². The summed E-state index contributed by atoms with van der Waals surface area (Å²) >= 11 is 0. The number of hydrogen-bond acceptors (Lipinski definition) is 4. The van der Waals surface area contributed by atoms with Crippen molar-refractivity contribution in [1.29, 1.82) is 0 Å². The van der Waals surface area contributed by atoms with Gasteiger partial charge in [-0.1, -0.05) is 0 Å². The maximum atomic E-state index is 12.1. The molecule has 0 saturated carbocycles. The lowest BCUT2D eigenvalue weighted by molar-refractivity contribution is -0.115. The number of aryl methyl sites for hydroxylation is 2. The Morgan fingerprint density at radius 2 is 1.83 bits per heavy atom. The van der Waals surface area contributed by atoms with Crippen molar-refractivity contribution < 1.29 is 14.4 Å². The molecule has 1 aromatic heterocycles. The molecule has 0 atom stereocenters. The molecule has 0 bridgehead atoms. The van der Waals surface area contributed by atoms with Gasteiger partial charge in [-0.2, -0.15) is 5.10 Å². The number of benzene rings is 1. The van der Waals surface area contributed by atoms with E-state index in [4.69, 9.17) is 0 Å². The van der Waals surface area contributed by atoms with Crippen LogP contribution in [0.3, 0.4) is 0 Å². The number of rotatable bonds is 6. The SMILES string of the molecule is CCn1nc(C)cc1C(=O)NCC(=O)Nc1ccc(C(C)=O)cc1. The largest absolute Gasteiger partial charge is 0.342 e. The Hall–Kier alpha value is -2.96. The van der Waals surface area contributed by atoms with Crippen LogP contribution in [0.4, 0.5) is 5.69 Å². The highest BCUT2D eigenvalue weighted by Gasteiger charge is 2.14. The number of ketones is 1. The maximum Gasteiger partial charge on any atom is 0.269 e. The summed E-state index contributed by atoms with van der Waals surface area (Å²) < 4.78 is 1.59. The predicted octanol–water partition coefficient (Wildman–Crippen LogP) is 1.78. The van der Waals surface area contributed by atoms with Crippen LogP contribution in [0.15, 0.2) is 30.3 Å². The van der Waals surface area contributed by atoms with Crippen molar-refractivity contribution in [2.24, 2.45) is 0 Å². The molecule has 0 unspecified atom stereocenters. The molecule has 24 heavy (non-hydrogen) atoms. The van der Waals surface area contributed by atoms with Gasteiger partial charge in [-0.3, -0.25) is 19.1 Å². The fraction of sp³-hybridized carbons (Fsp3) is 0.294. The van der Waals surface area contributed by atoms with Gasteiger partial charge in [0.05, 0.1) is 12.2 Å². The summed E-state index contributed by atoms with van der Waals surface area (Å²) in [5, 5.41) is 9.43. The first-order valence-electron chi connectivity index (χ1n) is 7.64. The quantitative estimate of drug-likeness (QED) is 0.791. The molecule has 2 rings (SSSR count). The Morgan fingerprint density at radius 3 is 2.42 bits per heavy atom. The number of hydrogen-bond donors (Lipinski definition) is 2. The summed E-state index contributed by atoms with van der Waals surface area (Å²) in [5.74, 6) is -0.735. The predicted molar refractivity (Wildman–Crippen MR) is 90.0 cm³/mol. The van der Waals surface area contributed by atoms with E-state index in [0.717, 1.165) is 5.69 Å². The van der Waals surface area contributed by atoms with Crippen molar-refractivity contribution >= 4 is 23.3 Å². The molecule has 0 aliphatic heterocycles. The monoisotopic (exact) mass is 328 g/mol. The summed E-state index contributed by atoms with van der Waals surface area (Å²) in [6.45, 7) is 5.60. The molecular formula is C17H20N4O3. The number of carbonyl (C=O) groups is 3. The number of anilines is 1. The van der Waals surface area contributed by atoms with E-state index in [-0.39, 0.29) is 24.1 Å². The van der Waals surface area contributed by atoms with Crippen LogP contribution in [0.1, 0.15) is 40.4 Å². The summed E-state index contributed by atoms with van der Waals surface area (Å²) in [5.41, 5.74) is 2.31. The summed E-state index contributed by atoms with van der Waals surface area (Å²) in [4.78, 5) is 35.2. The first kappa shape index (κ1) is 17.4. The molecule has 0 spiro atoms. The van der Waals surface area contributed by atoms with Crippen molar-refractivity contribution in [2.75, 3.05) is 11.9 Å². The van der Waals surface area contributed by atoms with Crippen LogP contribution < -0.4 is 10.6 Å². The zero-order chi connectivity index (χ0) is 17.7. The topological polar surface area (TPSA) is 93.1 Å². The molecule has 0 saturated heterocycles. The van der Waals surface area contributed by atoms with Crippen molar-refractivity contribution in [2.45, 2.75) is 27.3 Å². The molecule has 2 N–H and O–H groups in total. The lowest BCUT2D eigenvalue weighted by Crippen LogP contribution is -2.34. The van der Waals surface area contributed by atoms with Gasteiger partial charge in [-0.25, -0.2) is 0 Å². The van der Waals surface area contributed by atoms with Crippen molar-refractivity contribution in [3.8, 4) is 0 Å². The first-order valence-corrected chi connectivity index (χ1v) is 7.64. The Balaban J connectivity index is 1.90. The highest BCUT2D eigenvalue weighted by atomic mass is 16.2. The number of amides is 2. The fourth-order valence-corrected chi connectivity index (χ4v) is 2.21. The molecule has 0 radical (unpaired) electrons. The highest BCUT2D eigenvalue weighted by Crippen LogP contribution is 2.10. The van der Waals surface area contributed by atoms with Crippen LogP contribution in [0.5, 0.6) is 0 Å². The minimum absolute atomic E-state index is 0.0389. The van der Waals surface area contributed by atoms with E-state index in [9.17, 15) is 14.4 Å². The Morgan fingerprint density at radius 1 is 1.17 bits per heavy atom. The number of Topliss-reactive ketones (excluding diaryl/α,β-unsaturated/α-hetero) is 1. The van der Waals surface area contributed by atoms with Crippen LogP contribution in [0.2, 0.25) is 0 Å². The third kappa shape index (κ3) is 4.28. The Kier molecular flexibility index (Phi) is 5.47. The second-order valence-corrected chi connectivity index (χ2v) is 5.35. The van der Waals surface area contributed by atoms with Gasteiger partial charge in [0.15, 0.2) is 5.78 Å². The van der Waals surface area contributed by atoms with Gasteiger partial charge in [0, 0.05) is 17.8 Å². The second-order valence-electron chi connectivity index (χ2n) is 5.35. The van der Waals surface area contributed by atoms with Gasteiger partial charge in [0.1, 0.15) is 5.69 Å². The molecule has 126 valence electrons. The normalized spacial score (nSPS) is 10.3. The van der Waals surface area contributed by atoms with Crippen molar-refractivity contribution in [3.63, 3.8) is 0 Å². The fourth-order valence-electron chi connectivity index (χ4n) is 2.21. The zero-order valence-corrected chi connectivity index (χ0v) is 13.9. The highest BCUT2D eigenvalue weighted by molar-refractivity contribution is 5.99. The average Bonchev–Trinajstić information content (AvgIpc) is 2.94. The number of carbonyl (C=O) groups excluding carboxylic acids is 3. The van der Waals surface area contributed by atoms with Gasteiger partial charge in [0.2, 0.25) is 5.91 Å². The molecular weight excluding hydrogens is 308 g/mol. The minimum atomic E-state index is -0.349. The molecule has 1 aromatic carbocycles. The lowest BCUT2D eigenvalue weighted by atomic mass is 10.1.